The second-order valence-electron chi connectivity index (χ2n) is 4.01. The average molecular weight is 282 g/mol. The van der Waals surface area contributed by atoms with Gasteiger partial charge in [0.15, 0.2) is 17.3 Å². The van der Waals surface area contributed by atoms with Crippen LogP contribution >= 0.6 is 0 Å². The monoisotopic (exact) mass is 282 g/mol. The van der Waals surface area contributed by atoms with E-state index in [2.05, 4.69) is 10.3 Å². The maximum atomic E-state index is 13.3. The van der Waals surface area contributed by atoms with E-state index in [1.807, 2.05) is 0 Å². The lowest BCUT2D eigenvalue weighted by Crippen LogP contribution is -2.18. The number of carbonyl (C=O) groups excluding carboxylic acids is 1. The van der Waals surface area contributed by atoms with Crippen LogP contribution in [0.3, 0.4) is 0 Å². The first-order valence-electron chi connectivity index (χ1n) is 5.80. The Morgan fingerprint density at radius 1 is 1.40 bits per heavy atom. The maximum absolute atomic E-state index is 13.3. The molecule has 0 radical (unpaired) electrons. The fourth-order valence-electron chi connectivity index (χ4n) is 1.70. The molecular weight excluding hydrogens is 270 g/mol. The number of ether oxygens (including phenoxy) is 1. The van der Waals surface area contributed by atoms with E-state index in [1.54, 1.807) is 6.92 Å². The minimum absolute atomic E-state index is 0.0830. The highest BCUT2D eigenvalue weighted by atomic mass is 19.2. The van der Waals surface area contributed by atoms with Crippen molar-refractivity contribution >= 4 is 22.7 Å². The van der Waals surface area contributed by atoms with Crippen LogP contribution in [0.4, 0.5) is 8.78 Å². The van der Waals surface area contributed by atoms with Crippen molar-refractivity contribution in [2.45, 2.75) is 13.8 Å². The Kier molecular flexibility index (Phi) is 3.64. The third-order valence-electron chi connectivity index (χ3n) is 2.54. The summed E-state index contributed by atoms with van der Waals surface area (Å²) in [6, 6.07) is 1.79. The van der Waals surface area contributed by atoms with E-state index in [9.17, 15) is 13.6 Å². The molecule has 2 N–H and O–H groups in total. The summed E-state index contributed by atoms with van der Waals surface area (Å²) in [5.74, 6) is -2.83. The summed E-state index contributed by atoms with van der Waals surface area (Å²) in [6.45, 7) is 3.25. The molecule has 6 nitrogen and oxygen atoms in total. The maximum Gasteiger partial charge on any atom is 0.358 e. The van der Waals surface area contributed by atoms with Gasteiger partial charge in [0.05, 0.1) is 12.1 Å². The predicted molar refractivity (Wildman–Crippen MR) is 67.2 cm³/mol. The number of allylic oxidation sites excluding steroid dienone is 1. The topological polar surface area (TPSA) is 83.0 Å². The first-order chi connectivity index (χ1) is 9.45. The highest BCUT2D eigenvalue weighted by Gasteiger charge is 2.20. The van der Waals surface area contributed by atoms with Crippen LogP contribution in [-0.4, -0.2) is 27.6 Å². The standard InChI is InChI=1S/C12H12F2N4O2/c1-3-20-12(19)11(6(2)15)18-10-5-8(14)7(13)4-9(10)16-17-18/h4-5H,3,15H2,1-2H3/b11-6+. The summed E-state index contributed by atoms with van der Waals surface area (Å²) in [5, 5.41) is 7.37. The summed E-state index contributed by atoms with van der Waals surface area (Å²) >= 11 is 0. The zero-order valence-electron chi connectivity index (χ0n) is 10.9. The van der Waals surface area contributed by atoms with Crippen molar-refractivity contribution in [3.63, 3.8) is 0 Å². The summed E-state index contributed by atoms with van der Waals surface area (Å²) < 4.78 is 32.3. The van der Waals surface area contributed by atoms with Crippen molar-refractivity contribution in [3.05, 3.63) is 29.5 Å². The lowest BCUT2D eigenvalue weighted by molar-refractivity contribution is -0.136. The molecular formula is C12H12F2N4O2. The third kappa shape index (κ3) is 2.31. The van der Waals surface area contributed by atoms with Gasteiger partial charge < -0.3 is 10.5 Å². The molecule has 0 fully saturated rings. The third-order valence-corrected chi connectivity index (χ3v) is 2.54. The second kappa shape index (κ2) is 5.24. The Bertz CT molecular complexity index is 705. The fourth-order valence-corrected chi connectivity index (χ4v) is 1.70. The van der Waals surface area contributed by atoms with Gasteiger partial charge in [0.25, 0.3) is 0 Å². The molecule has 1 aromatic heterocycles. The number of fused-ring (bicyclic) bond motifs is 1. The second-order valence-corrected chi connectivity index (χ2v) is 4.01. The number of nitrogens with zero attached hydrogens (tertiary/aromatic N) is 3. The SMILES string of the molecule is CCOC(=O)/C(=C(/C)N)n1nnc2cc(F)c(F)cc21. The Morgan fingerprint density at radius 2 is 2.05 bits per heavy atom. The van der Waals surface area contributed by atoms with E-state index in [0.29, 0.717) is 0 Å². The van der Waals surface area contributed by atoms with Crippen LogP contribution in [0.5, 0.6) is 0 Å². The highest BCUT2D eigenvalue weighted by Crippen LogP contribution is 2.20. The van der Waals surface area contributed by atoms with Crippen LogP contribution in [0.1, 0.15) is 13.8 Å². The molecule has 1 heterocycles. The van der Waals surface area contributed by atoms with Crippen molar-refractivity contribution in [1.29, 1.82) is 0 Å². The molecule has 2 aromatic rings. The smallest absolute Gasteiger partial charge is 0.358 e. The van der Waals surface area contributed by atoms with Crippen molar-refractivity contribution in [1.82, 2.24) is 15.0 Å². The lowest BCUT2D eigenvalue weighted by Gasteiger charge is -2.09. The van der Waals surface area contributed by atoms with E-state index >= 15 is 0 Å². The molecule has 2 rings (SSSR count). The van der Waals surface area contributed by atoms with Gasteiger partial charge in [-0.15, -0.1) is 5.10 Å². The molecule has 0 amide bonds. The average Bonchev–Trinajstić information content (AvgIpc) is 2.73. The number of esters is 1. The zero-order chi connectivity index (χ0) is 14.9. The summed E-state index contributed by atoms with van der Waals surface area (Å²) in [6.07, 6.45) is 0. The number of nitrogens with two attached hydrogens (primary N) is 1. The number of hydrogen-bond acceptors (Lipinski definition) is 5. The number of carbonyl (C=O) groups is 1. The number of aromatic nitrogens is 3. The Morgan fingerprint density at radius 3 is 2.65 bits per heavy atom. The van der Waals surface area contributed by atoms with Gasteiger partial charge in [-0.05, 0) is 13.8 Å². The van der Waals surface area contributed by atoms with Crippen LogP contribution < -0.4 is 5.73 Å². The Labute approximate surface area is 112 Å². The summed E-state index contributed by atoms with van der Waals surface area (Å²) in [4.78, 5) is 11.9. The molecule has 1 aromatic carbocycles. The van der Waals surface area contributed by atoms with Crippen LogP contribution in [-0.2, 0) is 9.53 Å². The molecule has 0 unspecified atom stereocenters. The molecule has 20 heavy (non-hydrogen) atoms. The molecule has 8 heteroatoms. The van der Waals surface area contributed by atoms with Crippen LogP contribution in [0.2, 0.25) is 0 Å². The summed E-state index contributed by atoms with van der Waals surface area (Å²) in [7, 11) is 0. The molecule has 0 aliphatic heterocycles. The van der Waals surface area contributed by atoms with Gasteiger partial charge in [0, 0.05) is 17.8 Å². The van der Waals surface area contributed by atoms with Gasteiger partial charge in [-0.25, -0.2) is 18.3 Å². The molecule has 0 saturated carbocycles. The molecule has 0 aliphatic carbocycles. The molecule has 0 aliphatic rings. The van der Waals surface area contributed by atoms with Crippen molar-refractivity contribution in [2.24, 2.45) is 5.73 Å². The minimum atomic E-state index is -1.07. The van der Waals surface area contributed by atoms with E-state index in [1.165, 1.54) is 6.92 Å². The van der Waals surface area contributed by atoms with E-state index in [0.717, 1.165) is 16.8 Å². The highest BCUT2D eigenvalue weighted by molar-refractivity contribution is 6.12. The normalized spacial score (nSPS) is 12.4. The van der Waals surface area contributed by atoms with Gasteiger partial charge in [-0.3, -0.25) is 0 Å². The van der Waals surface area contributed by atoms with Crippen LogP contribution in [0.25, 0.3) is 16.7 Å². The van der Waals surface area contributed by atoms with Crippen LogP contribution in [0, 0.1) is 11.6 Å². The van der Waals surface area contributed by atoms with Gasteiger partial charge in [-0.1, -0.05) is 5.21 Å². The number of benzene rings is 1. The van der Waals surface area contributed by atoms with Gasteiger partial charge in [0.1, 0.15) is 5.52 Å². The predicted octanol–water partition coefficient (Wildman–Crippen LogP) is 1.42. The molecule has 0 saturated heterocycles. The minimum Gasteiger partial charge on any atom is -0.461 e. The number of hydrogen-bond donors (Lipinski definition) is 1. The van der Waals surface area contributed by atoms with Crippen molar-refractivity contribution in [2.75, 3.05) is 6.61 Å². The van der Waals surface area contributed by atoms with Crippen molar-refractivity contribution < 1.29 is 18.3 Å². The van der Waals surface area contributed by atoms with Crippen LogP contribution in [0.15, 0.2) is 17.8 Å². The summed E-state index contributed by atoms with van der Waals surface area (Å²) in [5.41, 5.74) is 5.91. The van der Waals surface area contributed by atoms with E-state index < -0.39 is 17.6 Å². The number of rotatable bonds is 3. The first-order valence-corrected chi connectivity index (χ1v) is 5.80. The zero-order valence-corrected chi connectivity index (χ0v) is 10.9. The number of halogens is 2. The molecule has 0 bridgehead atoms. The van der Waals surface area contributed by atoms with E-state index in [-0.39, 0.29) is 29.0 Å². The van der Waals surface area contributed by atoms with Gasteiger partial charge in [-0.2, -0.15) is 0 Å². The van der Waals surface area contributed by atoms with Gasteiger partial charge >= 0.3 is 5.97 Å². The van der Waals surface area contributed by atoms with E-state index in [4.69, 9.17) is 10.5 Å². The Hall–Kier alpha value is -2.51. The van der Waals surface area contributed by atoms with Gasteiger partial charge in [0.2, 0.25) is 0 Å². The fraction of sp³-hybridized carbons (Fsp3) is 0.250. The molecule has 0 spiro atoms. The van der Waals surface area contributed by atoms with Crippen molar-refractivity contribution in [3.8, 4) is 0 Å². The first kappa shape index (κ1) is 13.9. The quantitative estimate of drug-likeness (QED) is 0.680. The molecule has 0 atom stereocenters. The molecule has 106 valence electrons. The lowest BCUT2D eigenvalue weighted by atomic mass is 10.2. The largest absolute Gasteiger partial charge is 0.461 e. The Balaban J connectivity index is 2.64.